The van der Waals surface area contributed by atoms with Crippen LogP contribution in [0.1, 0.15) is 48.2 Å². The van der Waals surface area contributed by atoms with Crippen LogP contribution in [0.25, 0.3) is 0 Å². The fourth-order valence-corrected chi connectivity index (χ4v) is 5.70. The number of rotatable bonds is 12. The third-order valence-electron chi connectivity index (χ3n) is 7.97. The molecule has 3 N–H and O–H groups in total. The molecule has 3 atom stereocenters. The average molecular weight is 667 g/mol. The van der Waals surface area contributed by atoms with Crippen molar-refractivity contribution in [2.75, 3.05) is 5.32 Å². The van der Waals surface area contributed by atoms with E-state index in [1.54, 1.807) is 48.9 Å². The Morgan fingerprint density at radius 1 is 1.13 bits per heavy atom. The SMILES string of the molecule is CC[C@H](C)[C@H](C(=O)Cc1cncn1Cc1ccc(C#N)cc1)C(N)N(Cc1ccccc1C(F)(F)F)C(=S)Nc1ccc(Cl)cc1. The summed E-state index contributed by atoms with van der Waals surface area (Å²) >= 11 is 11.8. The summed E-state index contributed by atoms with van der Waals surface area (Å²) in [6, 6.07) is 21.2. The number of nitriles is 1. The van der Waals surface area contributed by atoms with Crippen LogP contribution in [-0.2, 0) is 30.5 Å². The van der Waals surface area contributed by atoms with Gasteiger partial charge in [-0.1, -0.05) is 62.2 Å². The first-order valence-electron chi connectivity index (χ1n) is 14.7. The molecule has 4 aromatic rings. The van der Waals surface area contributed by atoms with Crippen LogP contribution >= 0.6 is 23.8 Å². The van der Waals surface area contributed by atoms with Crippen molar-refractivity contribution in [2.45, 2.75) is 52.1 Å². The van der Waals surface area contributed by atoms with Gasteiger partial charge in [0.05, 0.1) is 35.6 Å². The Morgan fingerprint density at radius 2 is 1.80 bits per heavy atom. The van der Waals surface area contributed by atoms with E-state index in [0.717, 1.165) is 11.6 Å². The number of imidazole rings is 1. The van der Waals surface area contributed by atoms with Crippen LogP contribution in [0.15, 0.2) is 85.3 Å². The number of nitrogens with two attached hydrogens (primary N) is 1. The number of alkyl halides is 3. The minimum absolute atomic E-state index is 0.00331. The zero-order valence-corrected chi connectivity index (χ0v) is 26.9. The minimum atomic E-state index is -4.60. The Balaban J connectivity index is 1.65. The Kier molecular flexibility index (Phi) is 11.6. The summed E-state index contributed by atoms with van der Waals surface area (Å²) in [6.45, 7) is 3.98. The molecule has 0 aliphatic heterocycles. The van der Waals surface area contributed by atoms with Crippen LogP contribution in [-0.4, -0.2) is 31.5 Å². The molecule has 0 radical (unpaired) electrons. The van der Waals surface area contributed by atoms with E-state index < -0.39 is 23.8 Å². The molecule has 46 heavy (non-hydrogen) atoms. The second-order valence-corrected chi connectivity index (χ2v) is 11.9. The van der Waals surface area contributed by atoms with E-state index in [9.17, 15) is 18.0 Å². The highest BCUT2D eigenvalue weighted by molar-refractivity contribution is 7.80. The van der Waals surface area contributed by atoms with E-state index in [4.69, 9.17) is 34.8 Å². The predicted octanol–water partition coefficient (Wildman–Crippen LogP) is 7.43. The number of nitrogens with zero attached hydrogens (tertiary/aromatic N) is 4. The number of carbonyl (C=O) groups excluding carboxylic acids is 1. The number of benzene rings is 3. The molecule has 7 nitrogen and oxygen atoms in total. The number of halogens is 4. The Bertz CT molecular complexity index is 1680. The zero-order valence-electron chi connectivity index (χ0n) is 25.3. The number of aromatic nitrogens is 2. The maximum absolute atomic E-state index is 14.1. The molecule has 1 unspecified atom stereocenters. The normalized spacial score (nSPS) is 13.3. The lowest BCUT2D eigenvalue weighted by atomic mass is 9.83. The highest BCUT2D eigenvalue weighted by Gasteiger charge is 2.38. The highest BCUT2D eigenvalue weighted by Crippen LogP contribution is 2.33. The number of ketones is 1. The third-order valence-corrected chi connectivity index (χ3v) is 8.55. The average Bonchev–Trinajstić information content (AvgIpc) is 3.46. The monoisotopic (exact) mass is 666 g/mol. The van der Waals surface area contributed by atoms with Gasteiger partial charge in [-0.3, -0.25) is 4.79 Å². The van der Waals surface area contributed by atoms with Gasteiger partial charge in [0, 0.05) is 42.1 Å². The summed E-state index contributed by atoms with van der Waals surface area (Å²) in [4.78, 5) is 19.8. The van der Waals surface area contributed by atoms with Crippen LogP contribution in [0.5, 0.6) is 0 Å². The maximum Gasteiger partial charge on any atom is 0.416 e. The first-order chi connectivity index (χ1) is 21.9. The molecule has 12 heteroatoms. The van der Waals surface area contributed by atoms with Crippen molar-refractivity contribution >= 4 is 40.4 Å². The van der Waals surface area contributed by atoms with Gasteiger partial charge in [-0.25, -0.2) is 4.98 Å². The second kappa shape index (κ2) is 15.4. The standard InChI is InChI=1S/C34H34ClF3N6OS/c1-3-22(2)31(30(45)16-28-18-41-21-43(28)19-24-10-8-23(17-39)9-11-24)32(40)44(33(46)42-27-14-12-26(35)13-15-27)20-25-6-4-5-7-29(25)34(36,37)38/h4-15,18,21-22,31-32H,3,16,19-20,40H2,1-2H3,(H,42,46)/t22-,31+,32?/m0/s1. The summed E-state index contributed by atoms with van der Waals surface area (Å²) in [6.07, 6.45) is -1.82. The Labute approximate surface area is 276 Å². The number of Topliss-reactive ketones (excluding diaryl/α,β-unsaturated/α-hetero) is 1. The summed E-state index contributed by atoms with van der Waals surface area (Å²) < 4.78 is 43.9. The molecule has 0 amide bonds. The van der Waals surface area contributed by atoms with Crippen molar-refractivity contribution < 1.29 is 18.0 Å². The summed E-state index contributed by atoms with van der Waals surface area (Å²) in [5.41, 5.74) is 8.73. The van der Waals surface area contributed by atoms with Crippen LogP contribution in [0.4, 0.5) is 18.9 Å². The number of nitrogens with one attached hydrogen (secondary N) is 1. The van der Waals surface area contributed by atoms with Crippen molar-refractivity contribution in [3.05, 3.63) is 118 Å². The van der Waals surface area contributed by atoms with E-state index in [-0.39, 0.29) is 35.3 Å². The topological polar surface area (TPSA) is 100.0 Å². The van der Waals surface area contributed by atoms with Gasteiger partial charge in [-0.05, 0) is 71.7 Å². The number of carbonyl (C=O) groups is 1. The van der Waals surface area contributed by atoms with E-state index in [0.29, 0.717) is 34.9 Å². The second-order valence-electron chi connectivity index (χ2n) is 11.1. The number of anilines is 1. The van der Waals surface area contributed by atoms with Crippen molar-refractivity contribution in [1.29, 1.82) is 5.26 Å². The van der Waals surface area contributed by atoms with Crippen molar-refractivity contribution in [3.63, 3.8) is 0 Å². The maximum atomic E-state index is 14.1. The van der Waals surface area contributed by atoms with Crippen LogP contribution < -0.4 is 11.1 Å². The lowest BCUT2D eigenvalue weighted by Crippen LogP contribution is -2.55. The molecule has 4 rings (SSSR count). The fourth-order valence-electron chi connectivity index (χ4n) is 5.27. The van der Waals surface area contributed by atoms with Gasteiger partial charge in [-0.15, -0.1) is 0 Å². The quantitative estimate of drug-likeness (QED) is 0.120. The molecular formula is C34H34ClF3N6OS. The molecule has 0 saturated heterocycles. The molecule has 0 bridgehead atoms. The van der Waals surface area contributed by atoms with Gasteiger partial charge in [0.25, 0.3) is 0 Å². The molecular weight excluding hydrogens is 633 g/mol. The molecule has 0 aliphatic rings. The number of thiocarbonyl (C=S) groups is 1. The van der Waals surface area contributed by atoms with Gasteiger partial charge in [0.2, 0.25) is 0 Å². The first kappa shape index (κ1) is 34.6. The minimum Gasteiger partial charge on any atom is -0.333 e. The lowest BCUT2D eigenvalue weighted by Gasteiger charge is -2.38. The van der Waals surface area contributed by atoms with Crippen molar-refractivity contribution in [3.8, 4) is 6.07 Å². The molecule has 0 aliphatic carbocycles. The largest absolute Gasteiger partial charge is 0.416 e. The summed E-state index contributed by atoms with van der Waals surface area (Å²) in [7, 11) is 0. The summed E-state index contributed by atoms with van der Waals surface area (Å²) in [5, 5.41) is 12.7. The summed E-state index contributed by atoms with van der Waals surface area (Å²) in [5.74, 6) is -1.20. The van der Waals surface area contributed by atoms with Gasteiger partial charge >= 0.3 is 6.18 Å². The van der Waals surface area contributed by atoms with Gasteiger partial charge in [0.15, 0.2) is 5.11 Å². The first-order valence-corrected chi connectivity index (χ1v) is 15.4. The predicted molar refractivity (Wildman–Crippen MR) is 177 cm³/mol. The van der Waals surface area contributed by atoms with Crippen molar-refractivity contribution in [1.82, 2.24) is 14.5 Å². The van der Waals surface area contributed by atoms with Crippen LogP contribution in [0.2, 0.25) is 5.02 Å². The fraction of sp³-hybridized carbons (Fsp3) is 0.294. The number of hydrogen-bond donors (Lipinski definition) is 2. The van der Waals surface area contributed by atoms with Crippen LogP contribution in [0.3, 0.4) is 0 Å². The lowest BCUT2D eigenvalue weighted by molar-refractivity contribution is -0.138. The van der Waals surface area contributed by atoms with Crippen molar-refractivity contribution in [2.24, 2.45) is 17.6 Å². The van der Waals surface area contributed by atoms with Gasteiger partial charge in [-0.2, -0.15) is 18.4 Å². The number of hydrogen-bond acceptors (Lipinski definition) is 5. The molecule has 3 aromatic carbocycles. The van der Waals surface area contributed by atoms with E-state index in [1.165, 1.54) is 23.1 Å². The molecule has 0 fully saturated rings. The Hall–Kier alpha value is -4.24. The Morgan fingerprint density at radius 3 is 2.43 bits per heavy atom. The van der Waals surface area contributed by atoms with E-state index >= 15 is 0 Å². The third kappa shape index (κ3) is 8.72. The smallest absolute Gasteiger partial charge is 0.333 e. The molecule has 0 saturated carbocycles. The van der Waals surface area contributed by atoms with Crippen LogP contribution in [0, 0.1) is 23.2 Å². The molecule has 1 aromatic heterocycles. The van der Waals surface area contributed by atoms with Gasteiger partial charge in [0.1, 0.15) is 5.78 Å². The molecule has 1 heterocycles. The van der Waals surface area contributed by atoms with E-state index in [1.807, 2.05) is 30.5 Å². The van der Waals surface area contributed by atoms with Gasteiger partial charge < -0.3 is 20.5 Å². The zero-order chi connectivity index (χ0) is 33.4. The highest BCUT2D eigenvalue weighted by atomic mass is 35.5. The van der Waals surface area contributed by atoms with E-state index in [2.05, 4.69) is 16.4 Å². The molecule has 240 valence electrons. The molecule has 0 spiro atoms.